The smallest absolute Gasteiger partial charge is 0.251 e. The lowest BCUT2D eigenvalue weighted by atomic mass is 9.93. The Morgan fingerprint density at radius 1 is 1.21 bits per heavy atom. The van der Waals surface area contributed by atoms with Crippen molar-refractivity contribution in [3.05, 3.63) is 46.2 Å². The number of nitrogens with zero attached hydrogens (tertiary/aromatic N) is 3. The van der Waals surface area contributed by atoms with Crippen molar-refractivity contribution in [2.75, 3.05) is 11.4 Å². The number of hydrogen-bond acceptors (Lipinski definition) is 2. The van der Waals surface area contributed by atoms with Crippen LogP contribution in [0.2, 0.25) is 5.02 Å². The van der Waals surface area contributed by atoms with E-state index >= 15 is 0 Å². The largest absolute Gasteiger partial charge is 0.310 e. The Kier molecular flexibility index (Phi) is 4.20. The fraction of sp³-hybridized carbons (Fsp3) is 0.474. The van der Waals surface area contributed by atoms with E-state index in [9.17, 15) is 4.79 Å². The van der Waals surface area contributed by atoms with Gasteiger partial charge in [-0.15, -0.1) is 0 Å². The molecule has 3 rings (SSSR count). The summed E-state index contributed by atoms with van der Waals surface area (Å²) in [7, 11) is 0. The highest BCUT2D eigenvalue weighted by Crippen LogP contribution is 2.33. The number of carbonyl (C=O) groups is 1. The monoisotopic (exact) mass is 345 g/mol. The third-order valence-electron chi connectivity index (χ3n) is 4.61. The van der Waals surface area contributed by atoms with Crippen molar-refractivity contribution in [3.8, 4) is 0 Å². The molecule has 4 nitrogen and oxygen atoms in total. The van der Waals surface area contributed by atoms with Gasteiger partial charge in [-0.3, -0.25) is 9.48 Å². The first-order valence-corrected chi connectivity index (χ1v) is 8.70. The summed E-state index contributed by atoms with van der Waals surface area (Å²) >= 11 is 6.25. The zero-order valence-electron chi connectivity index (χ0n) is 14.9. The third-order valence-corrected chi connectivity index (χ3v) is 5.20. The van der Waals surface area contributed by atoms with Crippen molar-refractivity contribution in [1.29, 1.82) is 0 Å². The van der Waals surface area contributed by atoms with Crippen molar-refractivity contribution in [2.45, 2.75) is 52.5 Å². The van der Waals surface area contributed by atoms with E-state index in [1.165, 1.54) is 0 Å². The van der Waals surface area contributed by atoms with Crippen LogP contribution in [0.5, 0.6) is 0 Å². The number of hydrogen-bond donors (Lipinski definition) is 0. The van der Waals surface area contributed by atoms with Crippen LogP contribution in [0.1, 0.15) is 50.1 Å². The number of rotatable bonds is 2. The number of aryl methyl sites for hydroxylation is 2. The second-order valence-electron chi connectivity index (χ2n) is 7.62. The van der Waals surface area contributed by atoms with Gasteiger partial charge in [0.25, 0.3) is 5.91 Å². The van der Waals surface area contributed by atoms with Gasteiger partial charge in [0, 0.05) is 28.9 Å². The molecule has 1 fully saturated rings. The molecule has 0 radical (unpaired) electrons. The highest BCUT2D eigenvalue weighted by molar-refractivity contribution is 6.32. The van der Waals surface area contributed by atoms with Crippen molar-refractivity contribution >= 4 is 23.2 Å². The predicted molar refractivity (Wildman–Crippen MR) is 97.9 cm³/mol. The van der Waals surface area contributed by atoms with Gasteiger partial charge in [-0.05, 0) is 49.6 Å². The molecule has 1 amide bonds. The van der Waals surface area contributed by atoms with Gasteiger partial charge in [0.15, 0.2) is 0 Å². The van der Waals surface area contributed by atoms with Crippen LogP contribution in [0, 0.1) is 13.8 Å². The van der Waals surface area contributed by atoms with E-state index in [0.29, 0.717) is 6.54 Å². The van der Waals surface area contributed by atoms with Crippen LogP contribution in [0.4, 0.5) is 5.69 Å². The molecule has 1 aliphatic rings. The molecule has 1 aromatic carbocycles. The molecule has 0 saturated carbocycles. The number of aromatic nitrogens is 2. The molecule has 1 aromatic heterocycles. The SMILES string of the molecule is Cc1cc(N2CCC(n3ccc(C(C)(C)C)n3)C2=O)cc(C)c1Cl. The van der Waals surface area contributed by atoms with E-state index in [4.69, 9.17) is 11.6 Å². The van der Waals surface area contributed by atoms with E-state index in [-0.39, 0.29) is 17.4 Å². The number of amides is 1. The lowest BCUT2D eigenvalue weighted by Gasteiger charge is -2.19. The molecule has 24 heavy (non-hydrogen) atoms. The van der Waals surface area contributed by atoms with E-state index in [1.807, 2.05) is 47.8 Å². The molecular weight excluding hydrogens is 322 g/mol. The molecule has 1 aliphatic heterocycles. The zero-order chi connectivity index (χ0) is 17.6. The average molecular weight is 346 g/mol. The van der Waals surface area contributed by atoms with Crippen molar-refractivity contribution in [2.24, 2.45) is 0 Å². The minimum Gasteiger partial charge on any atom is -0.310 e. The highest BCUT2D eigenvalue weighted by atomic mass is 35.5. The van der Waals surface area contributed by atoms with Crippen LogP contribution in [0.3, 0.4) is 0 Å². The Labute approximate surface area is 148 Å². The summed E-state index contributed by atoms with van der Waals surface area (Å²) in [5.41, 5.74) is 3.91. The molecule has 1 unspecified atom stereocenters. The first-order valence-electron chi connectivity index (χ1n) is 8.32. The van der Waals surface area contributed by atoms with Crippen LogP contribution in [-0.4, -0.2) is 22.2 Å². The molecule has 128 valence electrons. The Bertz CT molecular complexity index is 765. The normalized spacial score (nSPS) is 18.5. The molecule has 0 bridgehead atoms. The van der Waals surface area contributed by atoms with Gasteiger partial charge >= 0.3 is 0 Å². The minimum atomic E-state index is -0.225. The molecule has 1 atom stereocenters. The van der Waals surface area contributed by atoms with Gasteiger partial charge in [0.1, 0.15) is 6.04 Å². The maximum Gasteiger partial charge on any atom is 0.251 e. The van der Waals surface area contributed by atoms with Crippen LogP contribution < -0.4 is 4.90 Å². The molecule has 0 spiro atoms. The summed E-state index contributed by atoms with van der Waals surface area (Å²) < 4.78 is 1.82. The first-order chi connectivity index (χ1) is 11.2. The fourth-order valence-electron chi connectivity index (χ4n) is 3.16. The molecule has 5 heteroatoms. The van der Waals surface area contributed by atoms with Crippen LogP contribution in [-0.2, 0) is 10.2 Å². The van der Waals surface area contributed by atoms with Crippen LogP contribution in [0.15, 0.2) is 24.4 Å². The van der Waals surface area contributed by atoms with Crippen molar-refractivity contribution < 1.29 is 4.79 Å². The Morgan fingerprint density at radius 2 is 1.83 bits per heavy atom. The van der Waals surface area contributed by atoms with Gasteiger partial charge in [-0.2, -0.15) is 5.10 Å². The minimum absolute atomic E-state index is 0.0169. The number of carbonyl (C=O) groups excluding carboxylic acids is 1. The van der Waals surface area contributed by atoms with E-state index in [1.54, 1.807) is 0 Å². The summed E-state index contributed by atoms with van der Waals surface area (Å²) in [6.07, 6.45) is 2.69. The van der Waals surface area contributed by atoms with Gasteiger partial charge in [-0.1, -0.05) is 32.4 Å². The Morgan fingerprint density at radius 3 is 2.38 bits per heavy atom. The quantitative estimate of drug-likeness (QED) is 0.807. The molecular formula is C19H24ClN3O. The standard InChI is InChI=1S/C19H24ClN3O/c1-12-10-14(11-13(2)17(12)20)22-8-6-15(18(22)24)23-9-7-16(21-23)19(3,4)5/h7,9-11,15H,6,8H2,1-5H3. The second-order valence-corrected chi connectivity index (χ2v) is 8.00. The van der Waals surface area contributed by atoms with E-state index in [0.717, 1.165) is 34.0 Å². The predicted octanol–water partition coefficient (Wildman–Crippen LogP) is 4.43. The summed E-state index contributed by atoms with van der Waals surface area (Å²) in [6, 6.07) is 5.75. The highest BCUT2D eigenvalue weighted by Gasteiger charge is 2.35. The topological polar surface area (TPSA) is 38.1 Å². The van der Waals surface area contributed by atoms with Crippen molar-refractivity contribution in [3.63, 3.8) is 0 Å². The number of halogens is 1. The summed E-state index contributed by atoms with van der Waals surface area (Å²) in [6.45, 7) is 11.0. The summed E-state index contributed by atoms with van der Waals surface area (Å²) in [5, 5.41) is 5.41. The summed E-state index contributed by atoms with van der Waals surface area (Å²) in [4.78, 5) is 14.8. The van der Waals surface area contributed by atoms with E-state index < -0.39 is 0 Å². The molecule has 1 saturated heterocycles. The molecule has 2 aromatic rings. The Balaban J connectivity index is 1.87. The lowest BCUT2D eigenvalue weighted by molar-refractivity contribution is -0.120. The average Bonchev–Trinajstić information content (AvgIpc) is 3.10. The van der Waals surface area contributed by atoms with Crippen LogP contribution in [0.25, 0.3) is 0 Å². The van der Waals surface area contributed by atoms with Crippen LogP contribution >= 0.6 is 11.6 Å². The molecule has 0 N–H and O–H groups in total. The van der Waals surface area contributed by atoms with Crippen molar-refractivity contribution in [1.82, 2.24) is 9.78 Å². The van der Waals surface area contributed by atoms with Gasteiger partial charge in [0.2, 0.25) is 0 Å². The van der Waals surface area contributed by atoms with Gasteiger partial charge in [-0.25, -0.2) is 0 Å². The molecule has 2 heterocycles. The second kappa shape index (κ2) is 5.92. The summed E-state index contributed by atoms with van der Waals surface area (Å²) in [5.74, 6) is 0.0969. The van der Waals surface area contributed by atoms with Gasteiger partial charge < -0.3 is 4.90 Å². The van der Waals surface area contributed by atoms with E-state index in [2.05, 4.69) is 25.9 Å². The lowest BCUT2D eigenvalue weighted by Crippen LogP contribution is -2.28. The number of anilines is 1. The van der Waals surface area contributed by atoms with Gasteiger partial charge in [0.05, 0.1) is 5.69 Å². The zero-order valence-corrected chi connectivity index (χ0v) is 15.7. The third kappa shape index (κ3) is 2.95. The number of benzene rings is 1. The Hall–Kier alpha value is -1.81. The first kappa shape index (κ1) is 17.0. The molecule has 0 aliphatic carbocycles. The maximum atomic E-state index is 12.9. The fourth-order valence-corrected chi connectivity index (χ4v) is 3.27. The maximum absolute atomic E-state index is 12.9.